The smallest absolute Gasteiger partial charge is 0.185 e. The van der Waals surface area contributed by atoms with Crippen LogP contribution in [0, 0.1) is 11.6 Å². The van der Waals surface area contributed by atoms with E-state index in [0.29, 0.717) is 5.56 Å². The summed E-state index contributed by atoms with van der Waals surface area (Å²) in [5.74, 6) is -1.55. The maximum atomic E-state index is 13.4. The van der Waals surface area contributed by atoms with Crippen molar-refractivity contribution in [2.24, 2.45) is 0 Å². The summed E-state index contributed by atoms with van der Waals surface area (Å²) in [5, 5.41) is 0. The lowest BCUT2D eigenvalue weighted by Gasteiger charge is -1.99. The van der Waals surface area contributed by atoms with Gasteiger partial charge in [-0.25, -0.2) is 8.78 Å². The molecule has 0 heterocycles. The monoisotopic (exact) mass is 290 g/mol. The first-order chi connectivity index (χ1) is 9.60. The van der Waals surface area contributed by atoms with Gasteiger partial charge in [0.25, 0.3) is 0 Å². The molecule has 1 nitrogen and oxygen atoms in total. The van der Waals surface area contributed by atoms with Crippen LogP contribution in [0.25, 0.3) is 6.08 Å². The number of hydrogen-bond acceptors (Lipinski definition) is 2. The molecule has 20 heavy (non-hydrogen) atoms. The Morgan fingerprint density at radius 1 is 1.10 bits per heavy atom. The fraction of sp³-hybridized carbons (Fsp3) is 0.0625. The molecule has 2 aromatic rings. The zero-order chi connectivity index (χ0) is 14.5. The van der Waals surface area contributed by atoms with Gasteiger partial charge in [0.05, 0.1) is 0 Å². The normalized spacial score (nSPS) is 10.9. The topological polar surface area (TPSA) is 17.1 Å². The van der Waals surface area contributed by atoms with Gasteiger partial charge in [0.15, 0.2) is 5.78 Å². The molecule has 0 N–H and O–H groups in total. The van der Waals surface area contributed by atoms with E-state index in [-0.39, 0.29) is 11.3 Å². The average molecular weight is 290 g/mol. The Kier molecular flexibility index (Phi) is 4.69. The Morgan fingerprint density at radius 3 is 2.40 bits per heavy atom. The van der Waals surface area contributed by atoms with E-state index in [1.807, 2.05) is 18.4 Å². The van der Waals surface area contributed by atoms with Crippen LogP contribution in [0.15, 0.2) is 53.4 Å². The molecule has 0 aromatic heterocycles. The summed E-state index contributed by atoms with van der Waals surface area (Å²) < 4.78 is 26.1. The van der Waals surface area contributed by atoms with E-state index in [1.165, 1.54) is 18.2 Å². The van der Waals surface area contributed by atoms with Crippen molar-refractivity contribution in [1.29, 1.82) is 0 Å². The fourth-order valence-electron chi connectivity index (χ4n) is 1.65. The number of rotatable bonds is 4. The minimum atomic E-state index is -0.688. The molecule has 4 heteroatoms. The summed E-state index contributed by atoms with van der Waals surface area (Å²) in [6, 6.07) is 10.4. The Labute approximate surface area is 120 Å². The average Bonchev–Trinajstić information content (AvgIpc) is 2.46. The number of benzene rings is 2. The van der Waals surface area contributed by atoms with Crippen molar-refractivity contribution >= 4 is 23.6 Å². The van der Waals surface area contributed by atoms with Crippen LogP contribution in [0.3, 0.4) is 0 Å². The number of halogens is 2. The predicted molar refractivity (Wildman–Crippen MR) is 77.9 cm³/mol. The molecule has 0 bridgehead atoms. The third-order valence-corrected chi connectivity index (χ3v) is 3.49. The lowest BCUT2D eigenvalue weighted by atomic mass is 10.1. The van der Waals surface area contributed by atoms with Crippen molar-refractivity contribution in [3.8, 4) is 0 Å². The number of allylic oxidation sites excluding steroid dienone is 1. The van der Waals surface area contributed by atoms with Crippen LogP contribution in [-0.2, 0) is 0 Å². The molecule has 0 unspecified atom stereocenters. The highest BCUT2D eigenvalue weighted by atomic mass is 32.2. The summed E-state index contributed by atoms with van der Waals surface area (Å²) in [6.45, 7) is 0. The van der Waals surface area contributed by atoms with Crippen LogP contribution in [0.1, 0.15) is 15.9 Å². The van der Waals surface area contributed by atoms with Gasteiger partial charge in [-0.1, -0.05) is 0 Å². The van der Waals surface area contributed by atoms with Gasteiger partial charge >= 0.3 is 0 Å². The van der Waals surface area contributed by atoms with E-state index in [0.717, 1.165) is 17.0 Å². The van der Waals surface area contributed by atoms with Crippen molar-refractivity contribution in [3.63, 3.8) is 0 Å². The summed E-state index contributed by atoms with van der Waals surface area (Å²) >= 11 is 1.59. The molecule has 0 aliphatic heterocycles. The molecule has 102 valence electrons. The summed E-state index contributed by atoms with van der Waals surface area (Å²) in [6.07, 6.45) is 4.58. The third kappa shape index (κ3) is 3.54. The Hall–Kier alpha value is -1.94. The molecule has 0 amide bonds. The van der Waals surface area contributed by atoms with Crippen molar-refractivity contribution in [2.75, 3.05) is 6.26 Å². The second kappa shape index (κ2) is 6.48. The highest BCUT2D eigenvalue weighted by Gasteiger charge is 2.04. The standard InChI is InChI=1S/C16H12F2OS/c1-20-14-7-3-12(4-8-14)16(19)9-5-11-2-6-13(17)10-15(11)18/h2-10H,1H3/b9-5+. The SMILES string of the molecule is CSc1ccc(C(=O)/C=C/c2ccc(F)cc2F)cc1. The first-order valence-electron chi connectivity index (χ1n) is 5.91. The van der Waals surface area contributed by atoms with Gasteiger partial charge in [-0.15, -0.1) is 11.8 Å². The Morgan fingerprint density at radius 2 is 1.80 bits per heavy atom. The number of carbonyl (C=O) groups excluding carboxylic acids is 1. The van der Waals surface area contributed by atoms with Gasteiger partial charge in [-0.05, 0) is 54.8 Å². The summed E-state index contributed by atoms with van der Waals surface area (Å²) in [4.78, 5) is 13.0. The molecule has 0 aliphatic carbocycles. The van der Waals surface area contributed by atoms with Crippen molar-refractivity contribution < 1.29 is 13.6 Å². The zero-order valence-electron chi connectivity index (χ0n) is 10.8. The minimum Gasteiger partial charge on any atom is -0.289 e. The Balaban J connectivity index is 2.15. The third-order valence-electron chi connectivity index (χ3n) is 2.75. The highest BCUT2D eigenvalue weighted by molar-refractivity contribution is 7.98. The number of ketones is 1. The molecular formula is C16H12F2OS. The van der Waals surface area contributed by atoms with Gasteiger partial charge in [0.1, 0.15) is 11.6 Å². The molecule has 0 fully saturated rings. The lowest BCUT2D eigenvalue weighted by Crippen LogP contribution is -1.94. The van der Waals surface area contributed by atoms with Crippen LogP contribution >= 0.6 is 11.8 Å². The molecule has 0 saturated heterocycles. The number of thioether (sulfide) groups is 1. The molecule has 2 rings (SSSR count). The van der Waals surface area contributed by atoms with Gasteiger partial charge in [0, 0.05) is 22.1 Å². The van der Waals surface area contributed by atoms with E-state index in [2.05, 4.69) is 0 Å². The molecular weight excluding hydrogens is 278 g/mol. The van der Waals surface area contributed by atoms with E-state index in [1.54, 1.807) is 23.9 Å². The van der Waals surface area contributed by atoms with Crippen LogP contribution in [-0.4, -0.2) is 12.0 Å². The largest absolute Gasteiger partial charge is 0.289 e. The second-order valence-electron chi connectivity index (χ2n) is 4.09. The fourth-order valence-corrected chi connectivity index (χ4v) is 2.06. The van der Waals surface area contributed by atoms with Crippen LogP contribution in [0.4, 0.5) is 8.78 Å². The first-order valence-corrected chi connectivity index (χ1v) is 7.14. The Bertz CT molecular complexity index is 648. The van der Waals surface area contributed by atoms with Crippen molar-refractivity contribution in [1.82, 2.24) is 0 Å². The number of carbonyl (C=O) groups is 1. The predicted octanol–water partition coefficient (Wildman–Crippen LogP) is 4.58. The lowest BCUT2D eigenvalue weighted by molar-refractivity contribution is 0.104. The van der Waals surface area contributed by atoms with Crippen LogP contribution in [0.2, 0.25) is 0 Å². The quantitative estimate of drug-likeness (QED) is 0.465. The maximum Gasteiger partial charge on any atom is 0.185 e. The van der Waals surface area contributed by atoms with Crippen molar-refractivity contribution in [3.05, 3.63) is 71.3 Å². The van der Waals surface area contributed by atoms with E-state index < -0.39 is 11.6 Å². The first kappa shape index (κ1) is 14.5. The van der Waals surface area contributed by atoms with Gasteiger partial charge in [0.2, 0.25) is 0 Å². The van der Waals surface area contributed by atoms with E-state index in [9.17, 15) is 13.6 Å². The van der Waals surface area contributed by atoms with Crippen LogP contribution < -0.4 is 0 Å². The van der Waals surface area contributed by atoms with Crippen molar-refractivity contribution in [2.45, 2.75) is 4.90 Å². The minimum absolute atomic E-state index is 0.181. The maximum absolute atomic E-state index is 13.4. The van der Waals surface area contributed by atoms with Gasteiger partial charge < -0.3 is 0 Å². The highest BCUT2D eigenvalue weighted by Crippen LogP contribution is 2.16. The molecule has 0 spiro atoms. The second-order valence-corrected chi connectivity index (χ2v) is 4.97. The zero-order valence-corrected chi connectivity index (χ0v) is 11.6. The number of hydrogen-bond donors (Lipinski definition) is 0. The van der Waals surface area contributed by atoms with Gasteiger partial charge in [-0.3, -0.25) is 4.79 Å². The van der Waals surface area contributed by atoms with Crippen LogP contribution in [0.5, 0.6) is 0 Å². The summed E-state index contributed by atoms with van der Waals surface area (Å²) in [7, 11) is 0. The van der Waals surface area contributed by atoms with E-state index >= 15 is 0 Å². The molecule has 0 saturated carbocycles. The molecule has 0 aliphatic rings. The molecule has 0 radical (unpaired) electrons. The van der Waals surface area contributed by atoms with E-state index in [4.69, 9.17) is 0 Å². The summed E-state index contributed by atoms with van der Waals surface area (Å²) in [5.41, 5.74) is 0.710. The van der Waals surface area contributed by atoms with Gasteiger partial charge in [-0.2, -0.15) is 0 Å². The molecule has 2 aromatic carbocycles. The molecule has 0 atom stereocenters.